The molecule has 21 heavy (non-hydrogen) atoms. The summed E-state index contributed by atoms with van der Waals surface area (Å²) in [7, 11) is 1.68. The van der Waals surface area contributed by atoms with Crippen LogP contribution in [-0.2, 0) is 0 Å². The van der Waals surface area contributed by atoms with E-state index in [2.05, 4.69) is 15.6 Å². The SMILES string of the molecule is CNc1cc(C(=O)Nc2cc([N+](=O)[O-])ccc2Cl)ccn1. The number of hydrogen-bond acceptors (Lipinski definition) is 5. The summed E-state index contributed by atoms with van der Waals surface area (Å²) in [5.74, 6) is 0.101. The molecule has 0 atom stereocenters. The molecule has 0 saturated carbocycles. The smallest absolute Gasteiger partial charge is 0.271 e. The zero-order valence-electron chi connectivity index (χ0n) is 11.0. The molecule has 8 heteroatoms. The number of nitrogens with one attached hydrogen (secondary N) is 2. The van der Waals surface area contributed by atoms with Crippen LogP contribution in [0.5, 0.6) is 0 Å². The van der Waals surface area contributed by atoms with Crippen molar-refractivity contribution in [3.8, 4) is 0 Å². The Morgan fingerprint density at radius 2 is 2.10 bits per heavy atom. The summed E-state index contributed by atoms with van der Waals surface area (Å²) in [6, 6.07) is 6.92. The number of carbonyl (C=O) groups excluding carboxylic acids is 1. The number of pyridine rings is 1. The number of non-ortho nitro benzene ring substituents is 1. The van der Waals surface area contributed by atoms with Crippen molar-refractivity contribution in [2.45, 2.75) is 0 Å². The van der Waals surface area contributed by atoms with Crippen molar-refractivity contribution in [3.05, 3.63) is 57.2 Å². The third kappa shape index (κ3) is 3.46. The Bertz CT molecular complexity index is 706. The van der Waals surface area contributed by atoms with Gasteiger partial charge in [0.25, 0.3) is 11.6 Å². The maximum atomic E-state index is 12.1. The van der Waals surface area contributed by atoms with Crippen LogP contribution in [0.4, 0.5) is 17.2 Å². The van der Waals surface area contributed by atoms with Gasteiger partial charge in [0, 0.05) is 30.9 Å². The van der Waals surface area contributed by atoms with Gasteiger partial charge < -0.3 is 10.6 Å². The van der Waals surface area contributed by atoms with Gasteiger partial charge in [-0.25, -0.2) is 4.98 Å². The molecular weight excluding hydrogens is 296 g/mol. The van der Waals surface area contributed by atoms with Crippen LogP contribution in [0.25, 0.3) is 0 Å². The minimum atomic E-state index is -0.558. The average molecular weight is 307 g/mol. The van der Waals surface area contributed by atoms with E-state index >= 15 is 0 Å². The number of nitrogens with zero attached hydrogens (tertiary/aromatic N) is 2. The molecular formula is C13H11ClN4O3. The molecule has 1 amide bonds. The molecule has 2 rings (SSSR count). The summed E-state index contributed by atoms with van der Waals surface area (Å²) in [6.45, 7) is 0. The predicted octanol–water partition coefficient (Wildman–Crippen LogP) is 2.94. The fourth-order valence-electron chi connectivity index (χ4n) is 1.63. The van der Waals surface area contributed by atoms with Gasteiger partial charge >= 0.3 is 0 Å². The minimum absolute atomic E-state index is 0.152. The molecule has 0 bridgehead atoms. The average Bonchev–Trinajstić information content (AvgIpc) is 2.49. The quantitative estimate of drug-likeness (QED) is 0.668. The lowest BCUT2D eigenvalue weighted by molar-refractivity contribution is -0.384. The van der Waals surface area contributed by atoms with E-state index in [1.807, 2.05) is 0 Å². The van der Waals surface area contributed by atoms with Crippen molar-refractivity contribution in [2.75, 3.05) is 17.7 Å². The predicted molar refractivity (Wildman–Crippen MR) is 79.8 cm³/mol. The van der Waals surface area contributed by atoms with Crippen LogP contribution in [0.2, 0.25) is 5.02 Å². The van der Waals surface area contributed by atoms with Gasteiger partial charge in [0.05, 0.1) is 15.6 Å². The number of rotatable bonds is 4. The number of hydrogen-bond donors (Lipinski definition) is 2. The van der Waals surface area contributed by atoms with Gasteiger partial charge in [-0.2, -0.15) is 0 Å². The van der Waals surface area contributed by atoms with Crippen molar-refractivity contribution in [1.29, 1.82) is 0 Å². The highest BCUT2D eigenvalue weighted by atomic mass is 35.5. The van der Waals surface area contributed by atoms with Crippen molar-refractivity contribution in [1.82, 2.24) is 4.98 Å². The number of amides is 1. The number of halogens is 1. The number of nitro groups is 1. The number of aromatic nitrogens is 1. The van der Waals surface area contributed by atoms with Crippen LogP contribution in [0, 0.1) is 10.1 Å². The minimum Gasteiger partial charge on any atom is -0.373 e. The van der Waals surface area contributed by atoms with Crippen LogP contribution in [0.1, 0.15) is 10.4 Å². The first-order valence-corrected chi connectivity index (χ1v) is 6.28. The normalized spacial score (nSPS) is 10.0. The van der Waals surface area contributed by atoms with Crippen molar-refractivity contribution < 1.29 is 9.72 Å². The van der Waals surface area contributed by atoms with E-state index in [0.717, 1.165) is 0 Å². The topological polar surface area (TPSA) is 97.2 Å². The molecule has 2 aromatic rings. The zero-order valence-corrected chi connectivity index (χ0v) is 11.7. The van der Waals surface area contributed by atoms with E-state index in [0.29, 0.717) is 11.4 Å². The molecule has 0 aliphatic rings. The summed E-state index contributed by atoms with van der Waals surface area (Å²) < 4.78 is 0. The van der Waals surface area contributed by atoms with Crippen LogP contribution in [0.3, 0.4) is 0 Å². The Kier molecular flexibility index (Phi) is 4.34. The molecule has 0 aliphatic carbocycles. The Hall–Kier alpha value is -2.67. The lowest BCUT2D eigenvalue weighted by Gasteiger charge is -2.08. The second-order valence-corrected chi connectivity index (χ2v) is 4.46. The van der Waals surface area contributed by atoms with Crippen molar-refractivity contribution >= 4 is 34.7 Å². The van der Waals surface area contributed by atoms with Crippen LogP contribution < -0.4 is 10.6 Å². The van der Waals surface area contributed by atoms with Crippen molar-refractivity contribution in [3.63, 3.8) is 0 Å². The third-order valence-corrected chi connectivity index (χ3v) is 3.02. The van der Waals surface area contributed by atoms with E-state index in [1.165, 1.54) is 30.5 Å². The monoisotopic (exact) mass is 306 g/mol. The summed E-state index contributed by atoms with van der Waals surface area (Å²) in [5.41, 5.74) is 0.385. The van der Waals surface area contributed by atoms with E-state index in [1.54, 1.807) is 13.1 Å². The summed E-state index contributed by atoms with van der Waals surface area (Å²) in [5, 5.41) is 16.3. The third-order valence-electron chi connectivity index (χ3n) is 2.69. The molecule has 0 unspecified atom stereocenters. The Balaban J connectivity index is 2.26. The van der Waals surface area contributed by atoms with E-state index in [4.69, 9.17) is 11.6 Å². The van der Waals surface area contributed by atoms with E-state index < -0.39 is 10.8 Å². The number of nitro benzene ring substituents is 1. The molecule has 7 nitrogen and oxygen atoms in total. The Labute approximate surface area is 125 Å². The zero-order chi connectivity index (χ0) is 15.4. The number of benzene rings is 1. The van der Waals surface area contributed by atoms with Gasteiger partial charge in [-0.05, 0) is 18.2 Å². The van der Waals surface area contributed by atoms with Gasteiger partial charge in [-0.3, -0.25) is 14.9 Å². The Morgan fingerprint density at radius 3 is 2.76 bits per heavy atom. The van der Waals surface area contributed by atoms with Crippen LogP contribution in [-0.4, -0.2) is 22.9 Å². The Morgan fingerprint density at radius 1 is 1.33 bits per heavy atom. The second-order valence-electron chi connectivity index (χ2n) is 4.06. The molecule has 0 fully saturated rings. The summed E-state index contributed by atoms with van der Waals surface area (Å²) in [4.78, 5) is 26.3. The van der Waals surface area contributed by atoms with Crippen LogP contribution >= 0.6 is 11.6 Å². The van der Waals surface area contributed by atoms with Crippen LogP contribution in [0.15, 0.2) is 36.5 Å². The maximum Gasteiger partial charge on any atom is 0.271 e. The molecule has 1 aromatic carbocycles. The highest BCUT2D eigenvalue weighted by Crippen LogP contribution is 2.27. The lowest BCUT2D eigenvalue weighted by Crippen LogP contribution is -2.13. The number of anilines is 2. The molecule has 2 N–H and O–H groups in total. The van der Waals surface area contributed by atoms with E-state index in [-0.39, 0.29) is 16.4 Å². The first kappa shape index (κ1) is 14.7. The molecule has 0 saturated heterocycles. The molecule has 1 aromatic heterocycles. The highest BCUT2D eigenvalue weighted by Gasteiger charge is 2.13. The summed E-state index contributed by atoms with van der Waals surface area (Å²) in [6.07, 6.45) is 1.48. The van der Waals surface area contributed by atoms with Gasteiger partial charge in [0.2, 0.25) is 0 Å². The molecule has 0 radical (unpaired) electrons. The summed E-state index contributed by atoms with van der Waals surface area (Å²) >= 11 is 5.93. The van der Waals surface area contributed by atoms with E-state index in [9.17, 15) is 14.9 Å². The van der Waals surface area contributed by atoms with Crippen molar-refractivity contribution in [2.24, 2.45) is 0 Å². The first-order valence-electron chi connectivity index (χ1n) is 5.90. The fraction of sp³-hybridized carbons (Fsp3) is 0.0769. The lowest BCUT2D eigenvalue weighted by atomic mass is 10.2. The largest absolute Gasteiger partial charge is 0.373 e. The first-order chi connectivity index (χ1) is 10.0. The molecule has 1 heterocycles. The highest BCUT2D eigenvalue weighted by molar-refractivity contribution is 6.34. The van der Waals surface area contributed by atoms with Gasteiger partial charge in [-0.1, -0.05) is 11.6 Å². The van der Waals surface area contributed by atoms with Gasteiger partial charge in [0.15, 0.2) is 0 Å². The fourth-order valence-corrected chi connectivity index (χ4v) is 1.79. The number of carbonyl (C=O) groups is 1. The maximum absolute atomic E-state index is 12.1. The molecule has 0 aliphatic heterocycles. The second kappa shape index (κ2) is 6.19. The van der Waals surface area contributed by atoms with Gasteiger partial charge in [-0.15, -0.1) is 0 Å². The standard InChI is InChI=1S/C13H11ClN4O3/c1-15-12-6-8(4-5-16-12)13(19)17-11-7-9(18(20)21)2-3-10(11)14/h2-7H,1H3,(H,15,16)(H,17,19). The molecule has 0 spiro atoms. The molecule has 108 valence electrons. The van der Waals surface area contributed by atoms with Gasteiger partial charge in [0.1, 0.15) is 5.82 Å².